The molecule has 0 spiro atoms. The van der Waals surface area contributed by atoms with Crippen molar-refractivity contribution in [1.29, 1.82) is 0 Å². The highest BCUT2D eigenvalue weighted by molar-refractivity contribution is 6.07. The van der Waals surface area contributed by atoms with Crippen molar-refractivity contribution in [3.8, 4) is 11.3 Å². The minimum Gasteiger partial charge on any atom is -0.306 e. The molecule has 0 atom stereocenters. The lowest BCUT2D eigenvalue weighted by atomic mass is 10.1. The van der Waals surface area contributed by atoms with E-state index in [0.717, 1.165) is 23.3 Å². The van der Waals surface area contributed by atoms with Gasteiger partial charge in [0.2, 0.25) is 0 Å². The number of amides is 1. The van der Waals surface area contributed by atoms with Crippen LogP contribution in [0.25, 0.3) is 16.9 Å². The summed E-state index contributed by atoms with van der Waals surface area (Å²) in [7, 11) is 0. The average molecular weight is 395 g/mol. The molecule has 0 unspecified atom stereocenters. The Kier molecular flexibility index (Phi) is 4.58. The van der Waals surface area contributed by atoms with Gasteiger partial charge in [0.15, 0.2) is 0 Å². The molecule has 4 nitrogen and oxygen atoms in total. The van der Waals surface area contributed by atoms with Crippen molar-refractivity contribution in [2.24, 2.45) is 0 Å². The summed E-state index contributed by atoms with van der Waals surface area (Å²) < 4.78 is 41.7. The smallest absolute Gasteiger partial charge is 0.306 e. The molecule has 29 heavy (non-hydrogen) atoms. The number of anilines is 1. The van der Waals surface area contributed by atoms with Gasteiger partial charge in [-0.3, -0.25) is 9.20 Å². The van der Waals surface area contributed by atoms with Gasteiger partial charge in [-0.05, 0) is 30.7 Å². The van der Waals surface area contributed by atoms with E-state index >= 15 is 0 Å². The average Bonchev–Trinajstić information content (AvgIpc) is 3.08. The molecule has 0 aliphatic carbocycles. The fourth-order valence-electron chi connectivity index (χ4n) is 3.22. The van der Waals surface area contributed by atoms with Crippen molar-refractivity contribution < 1.29 is 18.0 Å². The fourth-order valence-corrected chi connectivity index (χ4v) is 3.22. The van der Waals surface area contributed by atoms with Crippen molar-refractivity contribution in [3.63, 3.8) is 0 Å². The number of alkyl halides is 3. The van der Waals surface area contributed by atoms with E-state index in [1.54, 1.807) is 16.7 Å². The van der Waals surface area contributed by atoms with Crippen molar-refractivity contribution in [1.82, 2.24) is 9.38 Å². The van der Waals surface area contributed by atoms with Crippen LogP contribution in [0.2, 0.25) is 0 Å². The molecular weight excluding hydrogens is 379 g/mol. The van der Waals surface area contributed by atoms with Gasteiger partial charge in [-0.15, -0.1) is 0 Å². The molecule has 1 amide bonds. The summed E-state index contributed by atoms with van der Waals surface area (Å²) in [6, 6.07) is 17.6. The van der Waals surface area contributed by atoms with Crippen LogP contribution in [0, 0.1) is 6.92 Å². The van der Waals surface area contributed by atoms with E-state index in [-0.39, 0.29) is 0 Å². The van der Waals surface area contributed by atoms with Crippen molar-refractivity contribution >= 4 is 17.4 Å². The van der Waals surface area contributed by atoms with Crippen LogP contribution in [0.1, 0.15) is 21.5 Å². The van der Waals surface area contributed by atoms with E-state index in [0.29, 0.717) is 17.2 Å². The maximum Gasteiger partial charge on any atom is 0.417 e. The van der Waals surface area contributed by atoms with Gasteiger partial charge in [-0.1, -0.05) is 48.5 Å². The van der Waals surface area contributed by atoms with Gasteiger partial charge in [-0.25, -0.2) is 4.98 Å². The van der Waals surface area contributed by atoms with Gasteiger partial charge in [0.1, 0.15) is 17.2 Å². The molecule has 2 aromatic carbocycles. The third-order valence-corrected chi connectivity index (χ3v) is 4.60. The van der Waals surface area contributed by atoms with Gasteiger partial charge in [0, 0.05) is 11.8 Å². The normalized spacial score (nSPS) is 11.6. The SMILES string of the molecule is Cc1cccn2c(NC(=O)c3ccccc3C(F)(F)F)c(-c3ccccc3)nc12. The Morgan fingerprint density at radius 2 is 1.66 bits per heavy atom. The van der Waals surface area contributed by atoms with Gasteiger partial charge in [0.25, 0.3) is 5.91 Å². The number of carbonyl (C=O) groups excluding carboxylic acids is 1. The predicted octanol–water partition coefficient (Wildman–Crippen LogP) is 5.58. The third-order valence-electron chi connectivity index (χ3n) is 4.60. The first-order valence-electron chi connectivity index (χ1n) is 8.87. The van der Waals surface area contributed by atoms with Crippen LogP contribution in [0.5, 0.6) is 0 Å². The van der Waals surface area contributed by atoms with Crippen molar-refractivity contribution in [2.75, 3.05) is 5.32 Å². The molecule has 4 rings (SSSR count). The molecule has 2 heterocycles. The Balaban J connectivity index is 1.85. The molecule has 1 N–H and O–H groups in total. The van der Waals surface area contributed by atoms with Crippen LogP contribution in [0.3, 0.4) is 0 Å². The number of halogens is 3. The fraction of sp³-hybridized carbons (Fsp3) is 0.0909. The lowest BCUT2D eigenvalue weighted by molar-refractivity contribution is -0.137. The molecule has 0 saturated carbocycles. The number of hydrogen-bond donors (Lipinski definition) is 1. The van der Waals surface area contributed by atoms with Crippen LogP contribution in [0.15, 0.2) is 72.9 Å². The number of rotatable bonds is 3. The van der Waals surface area contributed by atoms with Crippen molar-refractivity contribution in [3.05, 3.63) is 89.6 Å². The number of aromatic nitrogens is 2. The van der Waals surface area contributed by atoms with E-state index in [1.165, 1.54) is 12.1 Å². The first kappa shape index (κ1) is 18.7. The summed E-state index contributed by atoms with van der Waals surface area (Å²) in [6.45, 7) is 1.88. The Morgan fingerprint density at radius 1 is 0.966 bits per heavy atom. The lowest BCUT2D eigenvalue weighted by Gasteiger charge is -2.13. The van der Waals surface area contributed by atoms with E-state index in [9.17, 15) is 18.0 Å². The molecule has 0 radical (unpaired) electrons. The standard InChI is InChI=1S/C22H16F3N3O/c1-14-8-7-13-28-19(14)26-18(15-9-3-2-4-10-15)20(28)27-21(29)16-11-5-6-12-17(16)22(23,24)25/h2-13H,1H3,(H,27,29). The van der Waals surface area contributed by atoms with Gasteiger partial charge >= 0.3 is 6.18 Å². The number of imidazole rings is 1. The van der Waals surface area contributed by atoms with Crippen LogP contribution in [-0.2, 0) is 6.18 Å². The maximum absolute atomic E-state index is 13.3. The largest absolute Gasteiger partial charge is 0.417 e. The number of carbonyl (C=O) groups is 1. The zero-order valence-electron chi connectivity index (χ0n) is 15.4. The van der Waals surface area contributed by atoms with E-state index in [2.05, 4.69) is 10.3 Å². The number of nitrogens with one attached hydrogen (secondary N) is 1. The van der Waals surface area contributed by atoms with Gasteiger partial charge < -0.3 is 5.32 Å². The highest BCUT2D eigenvalue weighted by atomic mass is 19.4. The van der Waals surface area contributed by atoms with Crippen LogP contribution in [-0.4, -0.2) is 15.3 Å². The summed E-state index contributed by atoms with van der Waals surface area (Å²) in [4.78, 5) is 17.5. The zero-order chi connectivity index (χ0) is 20.6. The summed E-state index contributed by atoms with van der Waals surface area (Å²) in [6.07, 6.45) is -2.92. The summed E-state index contributed by atoms with van der Waals surface area (Å²) in [5.74, 6) is -0.532. The van der Waals surface area contributed by atoms with Crippen LogP contribution >= 0.6 is 0 Å². The molecule has 146 valence electrons. The number of pyridine rings is 1. The topological polar surface area (TPSA) is 46.4 Å². The molecule has 0 bridgehead atoms. The number of aryl methyl sites for hydroxylation is 1. The minimum atomic E-state index is -4.63. The predicted molar refractivity (Wildman–Crippen MR) is 105 cm³/mol. The third kappa shape index (κ3) is 3.47. The molecule has 0 saturated heterocycles. The number of hydrogen-bond acceptors (Lipinski definition) is 2. The quantitative estimate of drug-likeness (QED) is 0.492. The summed E-state index contributed by atoms with van der Waals surface area (Å²) in [5.41, 5.74) is 1.30. The monoisotopic (exact) mass is 395 g/mol. The minimum absolute atomic E-state index is 0.317. The molecule has 0 aliphatic heterocycles. The molecule has 0 fully saturated rings. The Bertz CT molecular complexity index is 1200. The number of benzene rings is 2. The molecule has 4 aromatic rings. The van der Waals surface area contributed by atoms with E-state index < -0.39 is 23.2 Å². The van der Waals surface area contributed by atoms with Gasteiger partial charge in [0.05, 0.1) is 11.1 Å². The molecule has 0 aliphatic rings. The highest BCUT2D eigenvalue weighted by Gasteiger charge is 2.35. The second-order valence-corrected chi connectivity index (χ2v) is 6.56. The Morgan fingerprint density at radius 3 is 2.38 bits per heavy atom. The lowest BCUT2D eigenvalue weighted by Crippen LogP contribution is -2.19. The second-order valence-electron chi connectivity index (χ2n) is 6.56. The van der Waals surface area contributed by atoms with Crippen LogP contribution < -0.4 is 5.32 Å². The number of nitrogens with zero attached hydrogens (tertiary/aromatic N) is 2. The van der Waals surface area contributed by atoms with Crippen LogP contribution in [0.4, 0.5) is 19.0 Å². The first-order chi connectivity index (χ1) is 13.9. The maximum atomic E-state index is 13.3. The van der Waals surface area contributed by atoms with Gasteiger partial charge in [-0.2, -0.15) is 13.2 Å². The molecular formula is C22H16F3N3O. The Hall–Kier alpha value is -3.61. The van der Waals surface area contributed by atoms with E-state index in [4.69, 9.17) is 0 Å². The van der Waals surface area contributed by atoms with Crippen molar-refractivity contribution in [2.45, 2.75) is 13.1 Å². The second kappa shape index (κ2) is 7.09. The van der Waals surface area contributed by atoms with E-state index in [1.807, 2.05) is 43.3 Å². The highest BCUT2D eigenvalue weighted by Crippen LogP contribution is 2.34. The first-order valence-corrected chi connectivity index (χ1v) is 8.87. The summed E-state index contributed by atoms with van der Waals surface area (Å²) in [5, 5.41) is 2.65. The number of fused-ring (bicyclic) bond motifs is 1. The zero-order valence-corrected chi connectivity index (χ0v) is 15.4. The Labute approximate surface area is 164 Å². The molecule has 2 aromatic heterocycles. The molecule has 7 heteroatoms. The summed E-state index contributed by atoms with van der Waals surface area (Å²) >= 11 is 0.